The number of likely N-dealkylation sites (tertiary alicyclic amines) is 1. The number of nitrogens with one attached hydrogen (secondary N) is 3. The Kier molecular flexibility index (Phi) is 8.95. The van der Waals surface area contributed by atoms with Crippen molar-refractivity contribution in [3.63, 3.8) is 0 Å². The minimum absolute atomic E-state index is 0.0787. The summed E-state index contributed by atoms with van der Waals surface area (Å²) in [5, 5.41) is 2.64. The molecule has 0 aromatic rings. The predicted molar refractivity (Wildman–Crippen MR) is 85.4 cm³/mol. The molecule has 0 radical (unpaired) electrons. The van der Waals surface area contributed by atoms with Crippen LogP contribution in [0.25, 0.3) is 0 Å². The van der Waals surface area contributed by atoms with Crippen molar-refractivity contribution in [2.45, 2.75) is 33.1 Å². The van der Waals surface area contributed by atoms with E-state index < -0.39 is 0 Å². The SMILES string of the molecule is CCNNC(=O)CCOCCNC(=O)CCN1C(=O)CC(C)C1=O. The molecule has 9 nitrogen and oxygen atoms in total. The van der Waals surface area contributed by atoms with Crippen LogP contribution >= 0.6 is 0 Å². The van der Waals surface area contributed by atoms with Gasteiger partial charge in [-0.2, -0.15) is 0 Å². The molecule has 3 N–H and O–H groups in total. The Morgan fingerprint density at radius 3 is 2.58 bits per heavy atom. The molecule has 0 aliphatic carbocycles. The Morgan fingerprint density at radius 2 is 1.96 bits per heavy atom. The number of hydrogen-bond acceptors (Lipinski definition) is 6. The fraction of sp³-hybridized carbons (Fsp3) is 0.733. The number of hydrazine groups is 1. The zero-order chi connectivity index (χ0) is 17.9. The maximum Gasteiger partial charge on any atom is 0.236 e. The maximum absolute atomic E-state index is 11.7. The quantitative estimate of drug-likeness (QED) is 0.250. The molecular weight excluding hydrogens is 316 g/mol. The van der Waals surface area contributed by atoms with Gasteiger partial charge in [0.2, 0.25) is 23.6 Å². The van der Waals surface area contributed by atoms with Crippen molar-refractivity contribution in [2.24, 2.45) is 5.92 Å². The van der Waals surface area contributed by atoms with Crippen molar-refractivity contribution < 1.29 is 23.9 Å². The monoisotopic (exact) mass is 342 g/mol. The Hall–Kier alpha value is -2.00. The predicted octanol–water partition coefficient (Wildman–Crippen LogP) is -1.06. The highest BCUT2D eigenvalue weighted by Gasteiger charge is 2.35. The molecule has 1 atom stereocenters. The molecule has 24 heavy (non-hydrogen) atoms. The van der Waals surface area contributed by atoms with Crippen molar-refractivity contribution in [2.75, 3.05) is 32.8 Å². The second-order valence-corrected chi connectivity index (χ2v) is 5.53. The number of amides is 4. The molecule has 1 aliphatic rings. The molecule has 1 heterocycles. The van der Waals surface area contributed by atoms with E-state index in [1.54, 1.807) is 6.92 Å². The first-order chi connectivity index (χ1) is 11.5. The van der Waals surface area contributed by atoms with E-state index in [0.29, 0.717) is 19.7 Å². The second kappa shape index (κ2) is 10.7. The number of rotatable bonds is 11. The molecule has 1 fully saturated rings. The molecule has 0 bridgehead atoms. The van der Waals surface area contributed by atoms with Gasteiger partial charge in [-0.25, -0.2) is 5.43 Å². The van der Waals surface area contributed by atoms with Crippen LogP contribution in [0.3, 0.4) is 0 Å². The third-order valence-corrected chi connectivity index (χ3v) is 3.48. The summed E-state index contributed by atoms with van der Waals surface area (Å²) in [5.41, 5.74) is 5.19. The van der Waals surface area contributed by atoms with Gasteiger partial charge in [0.05, 0.1) is 19.6 Å². The van der Waals surface area contributed by atoms with Crippen LogP contribution < -0.4 is 16.2 Å². The van der Waals surface area contributed by atoms with Gasteiger partial charge in [-0.15, -0.1) is 0 Å². The van der Waals surface area contributed by atoms with Crippen LogP contribution in [-0.4, -0.2) is 61.4 Å². The first-order valence-electron chi connectivity index (χ1n) is 8.16. The standard InChI is InChI=1S/C15H26N4O5/c1-3-17-18-13(21)5-8-24-9-6-16-12(20)4-7-19-14(22)10-11(2)15(19)23/h11,17H,3-10H2,1-2H3,(H,16,20)(H,18,21). The lowest BCUT2D eigenvalue weighted by molar-refractivity contribution is -0.139. The number of carbonyl (C=O) groups is 4. The first-order valence-corrected chi connectivity index (χ1v) is 8.16. The summed E-state index contributed by atoms with van der Waals surface area (Å²) in [6.45, 7) is 5.20. The van der Waals surface area contributed by atoms with E-state index in [1.807, 2.05) is 6.92 Å². The largest absolute Gasteiger partial charge is 0.379 e. The molecule has 1 aliphatic heterocycles. The molecule has 136 valence electrons. The number of hydrogen-bond donors (Lipinski definition) is 3. The maximum atomic E-state index is 11.7. The molecule has 9 heteroatoms. The van der Waals surface area contributed by atoms with Gasteiger partial charge in [0.1, 0.15) is 0 Å². The van der Waals surface area contributed by atoms with Crippen molar-refractivity contribution in [1.29, 1.82) is 0 Å². The van der Waals surface area contributed by atoms with Gasteiger partial charge in [-0.05, 0) is 0 Å². The van der Waals surface area contributed by atoms with Crippen LogP contribution in [0.1, 0.15) is 33.1 Å². The highest BCUT2D eigenvalue weighted by molar-refractivity contribution is 6.03. The molecule has 1 rings (SSSR count). The van der Waals surface area contributed by atoms with E-state index >= 15 is 0 Å². The molecule has 0 aromatic heterocycles. The molecule has 0 aromatic carbocycles. The van der Waals surface area contributed by atoms with Gasteiger partial charge in [-0.3, -0.25) is 29.5 Å². The Morgan fingerprint density at radius 1 is 1.21 bits per heavy atom. The Labute approximate surface area is 141 Å². The van der Waals surface area contributed by atoms with Crippen molar-refractivity contribution in [3.8, 4) is 0 Å². The third-order valence-electron chi connectivity index (χ3n) is 3.48. The summed E-state index contributed by atoms with van der Waals surface area (Å²) in [5.74, 6) is -1.14. The van der Waals surface area contributed by atoms with Crippen molar-refractivity contribution >= 4 is 23.6 Å². The summed E-state index contributed by atoms with van der Waals surface area (Å²) in [7, 11) is 0. The topological polar surface area (TPSA) is 117 Å². The van der Waals surface area contributed by atoms with Crippen LogP contribution in [0.4, 0.5) is 0 Å². The van der Waals surface area contributed by atoms with E-state index in [0.717, 1.165) is 4.90 Å². The summed E-state index contributed by atoms with van der Waals surface area (Å²) >= 11 is 0. The lowest BCUT2D eigenvalue weighted by atomic mass is 10.1. The van der Waals surface area contributed by atoms with E-state index in [4.69, 9.17) is 4.74 Å². The second-order valence-electron chi connectivity index (χ2n) is 5.53. The average molecular weight is 342 g/mol. The number of carbonyl (C=O) groups excluding carboxylic acids is 4. The lowest BCUT2D eigenvalue weighted by Crippen LogP contribution is -2.37. The number of ether oxygens (including phenoxy) is 1. The van der Waals surface area contributed by atoms with Crippen LogP contribution in [0.5, 0.6) is 0 Å². The fourth-order valence-electron chi connectivity index (χ4n) is 2.16. The van der Waals surface area contributed by atoms with Crippen molar-refractivity contribution in [1.82, 2.24) is 21.1 Å². The van der Waals surface area contributed by atoms with E-state index in [-0.39, 0.29) is 62.0 Å². The van der Waals surface area contributed by atoms with Gasteiger partial charge in [0.25, 0.3) is 0 Å². The highest BCUT2D eigenvalue weighted by atomic mass is 16.5. The Bertz CT molecular complexity index is 469. The summed E-state index contributed by atoms with van der Waals surface area (Å²) in [6.07, 6.45) is 0.531. The van der Waals surface area contributed by atoms with E-state index in [1.165, 1.54) is 0 Å². The molecule has 0 saturated carbocycles. The minimum Gasteiger partial charge on any atom is -0.379 e. The smallest absolute Gasteiger partial charge is 0.236 e. The molecule has 1 saturated heterocycles. The summed E-state index contributed by atoms with van der Waals surface area (Å²) < 4.78 is 5.24. The fourth-order valence-corrected chi connectivity index (χ4v) is 2.16. The molecular formula is C15H26N4O5. The van der Waals surface area contributed by atoms with Crippen LogP contribution in [0.15, 0.2) is 0 Å². The van der Waals surface area contributed by atoms with E-state index in [9.17, 15) is 19.2 Å². The van der Waals surface area contributed by atoms with Crippen LogP contribution in [0, 0.1) is 5.92 Å². The molecule has 0 spiro atoms. The van der Waals surface area contributed by atoms with Crippen molar-refractivity contribution in [3.05, 3.63) is 0 Å². The first kappa shape index (κ1) is 20.0. The average Bonchev–Trinajstić information content (AvgIpc) is 2.79. The van der Waals surface area contributed by atoms with Gasteiger partial charge in [0, 0.05) is 38.4 Å². The zero-order valence-electron chi connectivity index (χ0n) is 14.2. The zero-order valence-corrected chi connectivity index (χ0v) is 14.2. The van der Waals surface area contributed by atoms with Crippen LogP contribution in [0.2, 0.25) is 0 Å². The number of imide groups is 1. The van der Waals surface area contributed by atoms with E-state index in [2.05, 4.69) is 16.2 Å². The van der Waals surface area contributed by atoms with Gasteiger partial charge in [0.15, 0.2) is 0 Å². The van der Waals surface area contributed by atoms with Gasteiger partial charge >= 0.3 is 0 Å². The van der Waals surface area contributed by atoms with Gasteiger partial charge in [-0.1, -0.05) is 13.8 Å². The third kappa shape index (κ3) is 7.05. The molecule has 1 unspecified atom stereocenters. The highest BCUT2D eigenvalue weighted by Crippen LogP contribution is 2.18. The molecule has 4 amide bonds. The minimum atomic E-state index is -0.293. The summed E-state index contributed by atoms with van der Waals surface area (Å²) in [4.78, 5) is 47.3. The normalized spacial score (nSPS) is 17.2. The summed E-state index contributed by atoms with van der Waals surface area (Å²) in [6, 6.07) is 0. The van der Waals surface area contributed by atoms with Crippen LogP contribution in [-0.2, 0) is 23.9 Å². The van der Waals surface area contributed by atoms with Gasteiger partial charge < -0.3 is 10.1 Å². The lowest BCUT2D eigenvalue weighted by Gasteiger charge is -2.14. The number of nitrogens with zero attached hydrogens (tertiary/aromatic N) is 1. The Balaban J connectivity index is 2.03.